The van der Waals surface area contributed by atoms with Crippen molar-refractivity contribution < 1.29 is 4.39 Å². The first-order valence-electron chi connectivity index (χ1n) is 2.18. The third-order valence-electron chi connectivity index (χ3n) is 1.14. The fraction of sp³-hybridized carbons (Fsp3) is 1.00. The van der Waals surface area contributed by atoms with Crippen LogP contribution >= 0.6 is 0 Å². The summed E-state index contributed by atoms with van der Waals surface area (Å²) in [7, 11) is 0. The number of nitrogens with two attached hydrogens (primary N) is 1. The molecule has 2 atom stereocenters. The van der Waals surface area contributed by atoms with Crippen LogP contribution < -0.4 is 5.73 Å². The average Bonchev–Trinajstić information content (AvgIpc) is 2.19. The molecule has 1 aliphatic rings. The Balaban J connectivity index is 2.09. The summed E-state index contributed by atoms with van der Waals surface area (Å²) < 4.78 is 11.7. The second-order valence-electron chi connectivity index (χ2n) is 1.75. The zero-order chi connectivity index (χ0) is 4.57. The van der Waals surface area contributed by atoms with Crippen LogP contribution in [0.2, 0.25) is 0 Å². The molecule has 2 N–H and O–H groups in total. The zero-order valence-corrected chi connectivity index (χ0v) is 3.52. The number of alkyl halides is 1. The van der Waals surface area contributed by atoms with Crippen molar-refractivity contribution in [2.24, 2.45) is 11.7 Å². The Morgan fingerprint density at radius 1 is 1.83 bits per heavy atom. The quantitative estimate of drug-likeness (QED) is 0.491. The third-order valence-corrected chi connectivity index (χ3v) is 1.14. The minimum Gasteiger partial charge on any atom is -0.330 e. The van der Waals surface area contributed by atoms with Gasteiger partial charge < -0.3 is 5.73 Å². The van der Waals surface area contributed by atoms with Gasteiger partial charge in [0.15, 0.2) is 0 Å². The van der Waals surface area contributed by atoms with Gasteiger partial charge in [-0.05, 0) is 13.0 Å². The molecule has 0 heterocycles. The van der Waals surface area contributed by atoms with Crippen LogP contribution in [0.1, 0.15) is 6.42 Å². The summed E-state index contributed by atoms with van der Waals surface area (Å²) in [5.41, 5.74) is 5.08. The van der Waals surface area contributed by atoms with Gasteiger partial charge in [0.25, 0.3) is 0 Å². The molecule has 0 bridgehead atoms. The lowest BCUT2D eigenvalue weighted by molar-refractivity contribution is 0.448. The molecule has 6 heavy (non-hydrogen) atoms. The van der Waals surface area contributed by atoms with Crippen LogP contribution in [-0.4, -0.2) is 12.7 Å². The highest BCUT2D eigenvalue weighted by Gasteiger charge is 2.35. The molecule has 0 amide bonds. The first kappa shape index (κ1) is 4.06. The van der Waals surface area contributed by atoms with Crippen LogP contribution in [0.3, 0.4) is 0 Å². The largest absolute Gasteiger partial charge is 0.330 e. The molecule has 2 heteroatoms. The van der Waals surface area contributed by atoms with Crippen molar-refractivity contribution in [3.05, 3.63) is 0 Å². The summed E-state index contributed by atoms with van der Waals surface area (Å²) in [6.45, 7) is 0.529. The van der Waals surface area contributed by atoms with Gasteiger partial charge in [-0.15, -0.1) is 0 Å². The van der Waals surface area contributed by atoms with Crippen molar-refractivity contribution in [2.75, 3.05) is 6.54 Å². The summed E-state index contributed by atoms with van der Waals surface area (Å²) in [5.74, 6) is 0.213. The molecular weight excluding hydrogens is 81.0 g/mol. The second-order valence-corrected chi connectivity index (χ2v) is 1.75. The molecule has 1 saturated carbocycles. The molecule has 1 nitrogen and oxygen atoms in total. The normalized spacial score (nSPS) is 43.0. The maximum absolute atomic E-state index is 11.7. The fourth-order valence-corrected chi connectivity index (χ4v) is 0.455. The van der Waals surface area contributed by atoms with Gasteiger partial charge in [0.1, 0.15) is 6.17 Å². The fourth-order valence-electron chi connectivity index (χ4n) is 0.455. The molecule has 0 aromatic carbocycles. The lowest BCUT2D eigenvalue weighted by Crippen LogP contribution is -2.01. The van der Waals surface area contributed by atoms with Gasteiger partial charge >= 0.3 is 0 Å². The van der Waals surface area contributed by atoms with Crippen molar-refractivity contribution in [3.8, 4) is 0 Å². The Labute approximate surface area is 36.3 Å². The van der Waals surface area contributed by atoms with Crippen molar-refractivity contribution in [1.29, 1.82) is 0 Å². The Hall–Kier alpha value is -0.110. The number of halogens is 1. The highest BCUT2D eigenvalue weighted by Crippen LogP contribution is 2.31. The molecule has 36 valence electrons. The average molecular weight is 89.1 g/mol. The van der Waals surface area contributed by atoms with Crippen molar-refractivity contribution in [1.82, 2.24) is 0 Å². The van der Waals surface area contributed by atoms with Gasteiger partial charge in [-0.2, -0.15) is 0 Å². The molecule has 0 spiro atoms. The van der Waals surface area contributed by atoms with Crippen molar-refractivity contribution in [3.63, 3.8) is 0 Å². The van der Waals surface area contributed by atoms with Gasteiger partial charge in [-0.1, -0.05) is 0 Å². The van der Waals surface area contributed by atoms with Crippen LogP contribution in [0.5, 0.6) is 0 Å². The molecular formula is C4H8FN. The number of rotatable bonds is 1. The van der Waals surface area contributed by atoms with Crippen molar-refractivity contribution in [2.45, 2.75) is 12.6 Å². The van der Waals surface area contributed by atoms with Crippen molar-refractivity contribution >= 4 is 0 Å². The summed E-state index contributed by atoms with van der Waals surface area (Å²) in [4.78, 5) is 0. The van der Waals surface area contributed by atoms with E-state index in [0.717, 1.165) is 0 Å². The van der Waals surface area contributed by atoms with E-state index in [1.165, 1.54) is 0 Å². The Morgan fingerprint density at radius 3 is 2.33 bits per heavy atom. The van der Waals surface area contributed by atoms with Gasteiger partial charge in [0.2, 0.25) is 0 Å². The summed E-state index contributed by atoms with van der Waals surface area (Å²) >= 11 is 0. The Kier molecular flexibility index (Phi) is 0.804. The van der Waals surface area contributed by atoms with E-state index in [2.05, 4.69) is 0 Å². The minimum absolute atomic E-state index is 0.213. The predicted molar refractivity (Wildman–Crippen MR) is 22.1 cm³/mol. The van der Waals surface area contributed by atoms with E-state index >= 15 is 0 Å². The molecule has 0 aliphatic heterocycles. The molecule has 0 saturated heterocycles. The Bertz CT molecular complexity index is 53.5. The molecule has 0 radical (unpaired) electrons. The first-order chi connectivity index (χ1) is 2.84. The van der Waals surface area contributed by atoms with E-state index in [1.807, 2.05) is 0 Å². The van der Waals surface area contributed by atoms with Gasteiger partial charge in [0, 0.05) is 5.92 Å². The topological polar surface area (TPSA) is 26.0 Å². The smallest absolute Gasteiger partial charge is 0.105 e. The molecule has 0 unspecified atom stereocenters. The maximum atomic E-state index is 11.7. The van der Waals surface area contributed by atoms with E-state index in [9.17, 15) is 4.39 Å². The van der Waals surface area contributed by atoms with Crippen LogP contribution in [0, 0.1) is 5.92 Å². The second kappa shape index (κ2) is 1.19. The van der Waals surface area contributed by atoms with Crippen LogP contribution in [-0.2, 0) is 0 Å². The minimum atomic E-state index is -0.560. The summed E-state index contributed by atoms with van der Waals surface area (Å²) in [5, 5.41) is 0. The SMILES string of the molecule is NC[C@@H]1C[C@H]1F. The third kappa shape index (κ3) is 0.522. The highest BCUT2D eigenvalue weighted by molar-refractivity contribution is 4.86. The Morgan fingerprint density at radius 2 is 2.33 bits per heavy atom. The summed E-state index contributed by atoms with van der Waals surface area (Å²) in [6.07, 6.45) is 0.145. The monoisotopic (exact) mass is 89.1 g/mol. The summed E-state index contributed by atoms with van der Waals surface area (Å²) in [6, 6.07) is 0. The van der Waals surface area contributed by atoms with Gasteiger partial charge in [-0.25, -0.2) is 4.39 Å². The lowest BCUT2D eigenvalue weighted by Gasteiger charge is -1.77. The van der Waals surface area contributed by atoms with Gasteiger partial charge in [-0.3, -0.25) is 0 Å². The number of hydrogen-bond donors (Lipinski definition) is 1. The predicted octanol–water partition coefficient (Wildman–Crippen LogP) is 0.303. The first-order valence-corrected chi connectivity index (χ1v) is 2.18. The molecule has 0 aromatic heterocycles. The zero-order valence-electron chi connectivity index (χ0n) is 3.52. The van der Waals surface area contributed by atoms with Crippen LogP contribution in [0.15, 0.2) is 0 Å². The number of hydrogen-bond acceptors (Lipinski definition) is 1. The van der Waals surface area contributed by atoms with E-state index in [-0.39, 0.29) is 5.92 Å². The standard InChI is InChI=1S/C4H8FN/c5-4-1-3(4)2-6/h3-4H,1-2,6H2/t3-,4+/m0/s1. The molecule has 1 fully saturated rings. The van der Waals surface area contributed by atoms with E-state index in [0.29, 0.717) is 13.0 Å². The van der Waals surface area contributed by atoms with Gasteiger partial charge in [0.05, 0.1) is 0 Å². The highest BCUT2D eigenvalue weighted by atomic mass is 19.1. The molecule has 1 aliphatic carbocycles. The maximum Gasteiger partial charge on any atom is 0.105 e. The molecule has 1 rings (SSSR count). The van der Waals surface area contributed by atoms with E-state index in [4.69, 9.17) is 5.73 Å². The van der Waals surface area contributed by atoms with Crippen LogP contribution in [0.4, 0.5) is 4.39 Å². The van der Waals surface area contributed by atoms with Crippen LogP contribution in [0.25, 0.3) is 0 Å². The van der Waals surface area contributed by atoms with E-state index in [1.54, 1.807) is 0 Å². The molecule has 0 aromatic rings. The van der Waals surface area contributed by atoms with E-state index < -0.39 is 6.17 Å². The lowest BCUT2D eigenvalue weighted by atomic mass is 10.4.